The molecule has 0 radical (unpaired) electrons. The van der Waals surface area contributed by atoms with E-state index in [0.717, 1.165) is 53.6 Å². The van der Waals surface area contributed by atoms with Crippen LogP contribution in [0, 0.1) is 0 Å². The number of nitrogens with zero attached hydrogens (tertiary/aromatic N) is 1. The average molecular weight is 498 g/mol. The Morgan fingerprint density at radius 1 is 0.969 bits per heavy atom. The van der Waals surface area contributed by atoms with Gasteiger partial charge in [-0.3, -0.25) is 4.90 Å². The molecular formula is C26H28BrNO4. The van der Waals surface area contributed by atoms with Gasteiger partial charge in [0.2, 0.25) is 0 Å². The van der Waals surface area contributed by atoms with E-state index in [1.807, 2.05) is 30.3 Å². The molecule has 1 aliphatic heterocycles. The highest BCUT2D eigenvalue weighted by Gasteiger charge is 2.26. The number of ether oxygens (including phenoxy) is 3. The number of halogens is 1. The molecule has 0 spiro atoms. The number of fused-ring (bicyclic) bond motifs is 1. The van der Waals surface area contributed by atoms with Crippen LogP contribution in [0.15, 0.2) is 53.0 Å². The van der Waals surface area contributed by atoms with Crippen molar-refractivity contribution >= 4 is 15.9 Å². The van der Waals surface area contributed by atoms with E-state index in [4.69, 9.17) is 14.2 Å². The van der Waals surface area contributed by atoms with E-state index in [9.17, 15) is 5.11 Å². The number of aromatic hydroxyl groups is 1. The number of phenolic OH excluding ortho intramolecular Hbond substituents is 1. The fraction of sp³-hybridized carbons (Fsp3) is 0.308. The third kappa shape index (κ3) is 4.43. The molecule has 0 saturated carbocycles. The lowest BCUT2D eigenvalue weighted by atomic mass is 9.89. The van der Waals surface area contributed by atoms with Crippen molar-refractivity contribution in [3.63, 3.8) is 0 Å². The molecule has 0 aliphatic carbocycles. The van der Waals surface area contributed by atoms with Gasteiger partial charge in [-0.25, -0.2) is 0 Å². The Kier molecular flexibility index (Phi) is 6.92. The number of phenols is 1. The van der Waals surface area contributed by atoms with Crippen LogP contribution >= 0.6 is 15.9 Å². The normalized spacial score (nSPS) is 13.5. The minimum absolute atomic E-state index is 0.141. The van der Waals surface area contributed by atoms with Gasteiger partial charge >= 0.3 is 0 Å². The average Bonchev–Trinajstić information content (AvgIpc) is 2.83. The Labute approximate surface area is 197 Å². The fourth-order valence-electron chi connectivity index (χ4n) is 4.35. The maximum atomic E-state index is 11.1. The first kappa shape index (κ1) is 22.5. The van der Waals surface area contributed by atoms with Gasteiger partial charge in [-0.1, -0.05) is 34.1 Å². The van der Waals surface area contributed by atoms with Gasteiger partial charge in [-0.15, -0.1) is 0 Å². The zero-order chi connectivity index (χ0) is 22.7. The molecule has 5 nitrogen and oxygen atoms in total. The molecule has 3 aromatic carbocycles. The molecule has 0 unspecified atom stereocenters. The third-order valence-corrected chi connectivity index (χ3v) is 6.87. The van der Waals surface area contributed by atoms with Crippen molar-refractivity contribution in [3.05, 3.63) is 69.7 Å². The van der Waals surface area contributed by atoms with E-state index >= 15 is 0 Å². The summed E-state index contributed by atoms with van der Waals surface area (Å²) in [7, 11) is 4.84. The molecule has 0 fully saturated rings. The first-order valence-electron chi connectivity index (χ1n) is 10.7. The molecule has 32 heavy (non-hydrogen) atoms. The molecule has 4 rings (SSSR count). The number of hydrogen-bond acceptors (Lipinski definition) is 5. The smallest absolute Gasteiger partial charge is 0.166 e. The predicted molar refractivity (Wildman–Crippen MR) is 130 cm³/mol. The molecular weight excluding hydrogens is 470 g/mol. The second-order valence-electron chi connectivity index (χ2n) is 7.87. The molecule has 168 valence electrons. The van der Waals surface area contributed by atoms with Crippen molar-refractivity contribution in [2.45, 2.75) is 19.4 Å². The fourth-order valence-corrected chi connectivity index (χ4v) is 4.83. The highest BCUT2D eigenvalue weighted by Crippen LogP contribution is 2.47. The Morgan fingerprint density at radius 2 is 1.75 bits per heavy atom. The van der Waals surface area contributed by atoms with Crippen LogP contribution in [0.25, 0.3) is 11.1 Å². The van der Waals surface area contributed by atoms with Crippen molar-refractivity contribution < 1.29 is 19.3 Å². The summed E-state index contributed by atoms with van der Waals surface area (Å²) >= 11 is 3.65. The van der Waals surface area contributed by atoms with Gasteiger partial charge in [-0.05, 0) is 53.8 Å². The van der Waals surface area contributed by atoms with Crippen LogP contribution in [-0.2, 0) is 19.4 Å². The van der Waals surface area contributed by atoms with E-state index in [-0.39, 0.29) is 5.75 Å². The number of hydrogen-bond donors (Lipinski definition) is 1. The minimum Gasteiger partial charge on any atom is -0.504 e. The van der Waals surface area contributed by atoms with E-state index in [1.165, 1.54) is 11.1 Å². The largest absolute Gasteiger partial charge is 0.504 e. The molecule has 0 saturated heterocycles. The molecule has 0 bridgehead atoms. The Bertz CT molecular complexity index is 1120. The minimum atomic E-state index is 0.141. The summed E-state index contributed by atoms with van der Waals surface area (Å²) < 4.78 is 17.7. The van der Waals surface area contributed by atoms with Gasteiger partial charge in [-0.2, -0.15) is 0 Å². The summed E-state index contributed by atoms with van der Waals surface area (Å²) in [6.07, 6.45) is 1.85. The third-order valence-electron chi connectivity index (χ3n) is 6.10. The van der Waals surface area contributed by atoms with Crippen molar-refractivity contribution in [2.75, 3.05) is 34.4 Å². The maximum absolute atomic E-state index is 11.1. The molecule has 0 atom stereocenters. The molecule has 0 aromatic heterocycles. The molecule has 1 aliphatic rings. The van der Waals surface area contributed by atoms with Crippen LogP contribution in [0.3, 0.4) is 0 Å². The van der Waals surface area contributed by atoms with Crippen molar-refractivity contribution in [1.29, 1.82) is 0 Å². The summed E-state index contributed by atoms with van der Waals surface area (Å²) in [4.78, 5) is 2.44. The Balaban J connectivity index is 1.71. The summed E-state index contributed by atoms with van der Waals surface area (Å²) in [6, 6.07) is 16.0. The second-order valence-corrected chi connectivity index (χ2v) is 8.73. The van der Waals surface area contributed by atoms with Crippen LogP contribution in [0.5, 0.6) is 23.0 Å². The van der Waals surface area contributed by atoms with Gasteiger partial charge < -0.3 is 19.3 Å². The van der Waals surface area contributed by atoms with Crippen molar-refractivity contribution in [2.24, 2.45) is 0 Å². The van der Waals surface area contributed by atoms with Crippen LogP contribution in [-0.4, -0.2) is 44.4 Å². The topological polar surface area (TPSA) is 51.2 Å². The molecule has 3 aromatic rings. The number of methoxy groups -OCH3 is 3. The zero-order valence-electron chi connectivity index (χ0n) is 18.7. The van der Waals surface area contributed by atoms with E-state index < -0.39 is 0 Å². The lowest BCUT2D eigenvalue weighted by molar-refractivity contribution is 0.256. The highest BCUT2D eigenvalue weighted by atomic mass is 79.9. The lowest BCUT2D eigenvalue weighted by Gasteiger charge is -2.31. The Morgan fingerprint density at radius 3 is 2.47 bits per heavy atom. The standard InChI is InChI=1S/C26H28BrNO4/c1-30-19-8-9-20(23(15-19)31-2)25-21-16-28(12-10-17-6-4-5-7-22(17)27)13-11-18(21)14-24(32-3)26(25)29/h4-9,14-15,29H,10-13,16H2,1-3H3. The van der Waals surface area contributed by atoms with Crippen molar-refractivity contribution in [3.8, 4) is 34.1 Å². The molecule has 1 N–H and O–H groups in total. The SMILES string of the molecule is COc1ccc(-c2c(O)c(OC)cc3c2CN(CCc2ccccc2Br)CC3)c(OC)c1. The highest BCUT2D eigenvalue weighted by molar-refractivity contribution is 9.10. The van der Waals surface area contributed by atoms with Gasteiger partial charge in [0.15, 0.2) is 11.5 Å². The summed E-state index contributed by atoms with van der Waals surface area (Å²) in [5.74, 6) is 1.98. The van der Waals surface area contributed by atoms with Crippen molar-refractivity contribution in [1.82, 2.24) is 4.90 Å². The first-order chi connectivity index (χ1) is 15.5. The van der Waals surface area contributed by atoms with Gasteiger partial charge in [0.1, 0.15) is 11.5 Å². The lowest BCUT2D eigenvalue weighted by Crippen LogP contribution is -2.32. The summed E-state index contributed by atoms with van der Waals surface area (Å²) in [6.45, 7) is 2.65. The Hall–Kier alpha value is -2.70. The predicted octanol–water partition coefficient (Wildman–Crippen LogP) is 5.45. The molecule has 6 heteroatoms. The van der Waals surface area contributed by atoms with Crippen LogP contribution < -0.4 is 14.2 Å². The summed E-state index contributed by atoms with van der Waals surface area (Å²) in [5, 5.41) is 11.1. The van der Waals surface area contributed by atoms with Gasteiger partial charge in [0.05, 0.1) is 21.3 Å². The number of rotatable bonds is 7. The quantitative estimate of drug-likeness (QED) is 0.470. The maximum Gasteiger partial charge on any atom is 0.166 e. The molecule has 0 amide bonds. The zero-order valence-corrected chi connectivity index (χ0v) is 20.2. The monoisotopic (exact) mass is 497 g/mol. The second kappa shape index (κ2) is 9.84. The summed E-state index contributed by atoms with van der Waals surface area (Å²) in [5.41, 5.74) is 5.21. The van der Waals surface area contributed by atoms with Crippen LogP contribution in [0.4, 0.5) is 0 Å². The number of benzene rings is 3. The van der Waals surface area contributed by atoms with Crippen LogP contribution in [0.1, 0.15) is 16.7 Å². The van der Waals surface area contributed by atoms with E-state index in [2.05, 4.69) is 39.0 Å². The van der Waals surface area contributed by atoms with Gasteiger partial charge in [0.25, 0.3) is 0 Å². The van der Waals surface area contributed by atoms with E-state index in [0.29, 0.717) is 17.2 Å². The molecule has 1 heterocycles. The van der Waals surface area contributed by atoms with E-state index in [1.54, 1.807) is 21.3 Å². The van der Waals surface area contributed by atoms with Gasteiger partial charge in [0, 0.05) is 41.3 Å². The van der Waals surface area contributed by atoms with Crippen LogP contribution in [0.2, 0.25) is 0 Å². The first-order valence-corrected chi connectivity index (χ1v) is 11.4.